The molecule has 0 spiro atoms. The zero-order chi connectivity index (χ0) is 13.7. The maximum Gasteiger partial charge on any atom is 0.0119 e. The molecule has 0 radical (unpaired) electrons. The quantitative estimate of drug-likeness (QED) is 0.764. The van der Waals surface area contributed by atoms with Gasteiger partial charge in [-0.1, -0.05) is 40.0 Å². The van der Waals surface area contributed by atoms with Crippen molar-refractivity contribution in [1.29, 1.82) is 0 Å². The highest BCUT2D eigenvalue weighted by Gasteiger charge is 2.31. The van der Waals surface area contributed by atoms with Crippen LogP contribution in [0.3, 0.4) is 0 Å². The van der Waals surface area contributed by atoms with E-state index < -0.39 is 0 Å². The summed E-state index contributed by atoms with van der Waals surface area (Å²) in [7, 11) is 0. The van der Waals surface area contributed by atoms with E-state index >= 15 is 0 Å². The smallest absolute Gasteiger partial charge is 0.0119 e. The molecule has 2 nitrogen and oxygen atoms in total. The number of likely N-dealkylation sites (tertiary alicyclic amines) is 1. The number of nitrogens with zero attached hydrogens (tertiary/aromatic N) is 1. The lowest BCUT2D eigenvalue weighted by Gasteiger charge is -2.34. The summed E-state index contributed by atoms with van der Waals surface area (Å²) in [6.07, 6.45) is 10.0. The van der Waals surface area contributed by atoms with Gasteiger partial charge in [0, 0.05) is 18.6 Å². The third-order valence-corrected chi connectivity index (χ3v) is 5.28. The molecule has 0 aromatic heterocycles. The molecule has 1 N–H and O–H groups in total. The van der Waals surface area contributed by atoms with Crippen molar-refractivity contribution >= 4 is 0 Å². The van der Waals surface area contributed by atoms with E-state index in [9.17, 15) is 0 Å². The van der Waals surface area contributed by atoms with Gasteiger partial charge in [-0.2, -0.15) is 0 Å². The van der Waals surface area contributed by atoms with Gasteiger partial charge in [-0.05, 0) is 50.6 Å². The molecule has 2 aliphatic rings. The Balaban J connectivity index is 1.93. The Morgan fingerprint density at radius 1 is 1.05 bits per heavy atom. The fraction of sp³-hybridized carbons (Fsp3) is 1.00. The number of hydrogen-bond acceptors (Lipinski definition) is 2. The van der Waals surface area contributed by atoms with Crippen LogP contribution in [0, 0.1) is 11.8 Å². The molecule has 3 atom stereocenters. The standard InChI is InChI=1S/C17H34N2/c1-4-18-16-10-7-5-6-9-15(16)13-19-12-8-11-17(19)14(2)3/h14-18H,4-13H2,1-3H3. The molecule has 0 amide bonds. The third-order valence-electron chi connectivity index (χ3n) is 5.28. The van der Waals surface area contributed by atoms with Crippen LogP contribution in [0.2, 0.25) is 0 Å². The maximum absolute atomic E-state index is 3.77. The SMILES string of the molecule is CCNC1CCCCCC1CN1CCCC1C(C)C. The Hall–Kier alpha value is -0.0800. The Morgan fingerprint density at radius 2 is 1.84 bits per heavy atom. The van der Waals surface area contributed by atoms with Crippen LogP contribution in [0.15, 0.2) is 0 Å². The number of rotatable bonds is 5. The summed E-state index contributed by atoms with van der Waals surface area (Å²) < 4.78 is 0. The molecule has 3 unspecified atom stereocenters. The minimum absolute atomic E-state index is 0.779. The Morgan fingerprint density at radius 3 is 2.58 bits per heavy atom. The first-order chi connectivity index (χ1) is 9.22. The second-order valence-corrected chi connectivity index (χ2v) is 7.01. The lowest BCUT2D eigenvalue weighted by molar-refractivity contribution is 0.154. The zero-order valence-corrected chi connectivity index (χ0v) is 13.3. The Bertz CT molecular complexity index is 252. The van der Waals surface area contributed by atoms with Crippen molar-refractivity contribution in [3.63, 3.8) is 0 Å². The van der Waals surface area contributed by atoms with Crippen molar-refractivity contribution in [1.82, 2.24) is 10.2 Å². The lowest BCUT2D eigenvalue weighted by atomic mass is 9.92. The summed E-state index contributed by atoms with van der Waals surface area (Å²) in [5.74, 6) is 1.72. The minimum Gasteiger partial charge on any atom is -0.314 e. The summed E-state index contributed by atoms with van der Waals surface area (Å²) in [5, 5.41) is 3.77. The predicted molar refractivity (Wildman–Crippen MR) is 83.5 cm³/mol. The highest BCUT2D eigenvalue weighted by atomic mass is 15.2. The molecule has 1 saturated carbocycles. The van der Waals surface area contributed by atoms with E-state index in [0.29, 0.717) is 0 Å². The van der Waals surface area contributed by atoms with Gasteiger partial charge in [0.15, 0.2) is 0 Å². The predicted octanol–water partition coefficient (Wildman–Crippen LogP) is 3.67. The van der Waals surface area contributed by atoms with Gasteiger partial charge in [0.25, 0.3) is 0 Å². The van der Waals surface area contributed by atoms with Gasteiger partial charge in [-0.3, -0.25) is 4.90 Å². The zero-order valence-electron chi connectivity index (χ0n) is 13.3. The topological polar surface area (TPSA) is 15.3 Å². The molecule has 0 aromatic carbocycles. The van der Waals surface area contributed by atoms with Crippen LogP contribution < -0.4 is 5.32 Å². The van der Waals surface area contributed by atoms with E-state index in [-0.39, 0.29) is 0 Å². The summed E-state index contributed by atoms with van der Waals surface area (Å²) in [6.45, 7) is 10.9. The second kappa shape index (κ2) is 7.64. The molecule has 2 fully saturated rings. The van der Waals surface area contributed by atoms with E-state index in [2.05, 4.69) is 31.0 Å². The number of nitrogens with one attached hydrogen (secondary N) is 1. The molecular weight excluding hydrogens is 232 g/mol. The first-order valence-electron chi connectivity index (χ1n) is 8.69. The van der Waals surface area contributed by atoms with Gasteiger partial charge in [-0.25, -0.2) is 0 Å². The Kier molecular flexibility index (Phi) is 6.15. The third kappa shape index (κ3) is 4.19. The van der Waals surface area contributed by atoms with Crippen LogP contribution in [0.1, 0.15) is 65.7 Å². The summed E-state index contributed by atoms with van der Waals surface area (Å²) in [4.78, 5) is 2.81. The molecule has 0 aromatic rings. The van der Waals surface area contributed by atoms with Crippen molar-refractivity contribution in [3.8, 4) is 0 Å². The molecular formula is C17H34N2. The van der Waals surface area contributed by atoms with Crippen LogP contribution in [-0.2, 0) is 0 Å². The van der Waals surface area contributed by atoms with Crippen molar-refractivity contribution in [2.45, 2.75) is 77.8 Å². The molecule has 1 heterocycles. The van der Waals surface area contributed by atoms with Crippen molar-refractivity contribution in [2.75, 3.05) is 19.6 Å². The van der Waals surface area contributed by atoms with Gasteiger partial charge in [0.1, 0.15) is 0 Å². The van der Waals surface area contributed by atoms with Crippen LogP contribution in [0.5, 0.6) is 0 Å². The molecule has 2 rings (SSSR count). The first-order valence-corrected chi connectivity index (χ1v) is 8.69. The maximum atomic E-state index is 3.77. The van der Waals surface area contributed by atoms with E-state index in [0.717, 1.165) is 30.5 Å². The second-order valence-electron chi connectivity index (χ2n) is 7.01. The van der Waals surface area contributed by atoms with Gasteiger partial charge >= 0.3 is 0 Å². The number of hydrogen-bond donors (Lipinski definition) is 1. The largest absolute Gasteiger partial charge is 0.314 e. The van der Waals surface area contributed by atoms with Crippen molar-refractivity contribution < 1.29 is 0 Å². The van der Waals surface area contributed by atoms with Crippen LogP contribution in [0.4, 0.5) is 0 Å². The van der Waals surface area contributed by atoms with E-state index in [1.807, 2.05) is 0 Å². The fourth-order valence-electron chi connectivity index (χ4n) is 4.27. The molecule has 1 aliphatic carbocycles. The van der Waals surface area contributed by atoms with E-state index in [1.165, 1.54) is 58.0 Å². The van der Waals surface area contributed by atoms with E-state index in [4.69, 9.17) is 0 Å². The average molecular weight is 266 g/mol. The van der Waals surface area contributed by atoms with Gasteiger partial charge in [0.2, 0.25) is 0 Å². The summed E-state index contributed by atoms with van der Waals surface area (Å²) in [6, 6.07) is 1.63. The lowest BCUT2D eigenvalue weighted by Crippen LogP contribution is -2.44. The van der Waals surface area contributed by atoms with Gasteiger partial charge in [-0.15, -0.1) is 0 Å². The first kappa shape index (κ1) is 15.3. The average Bonchev–Trinajstić information content (AvgIpc) is 2.73. The van der Waals surface area contributed by atoms with Crippen LogP contribution >= 0.6 is 0 Å². The highest BCUT2D eigenvalue weighted by molar-refractivity contribution is 4.87. The molecule has 2 heteroatoms. The van der Waals surface area contributed by atoms with Gasteiger partial charge < -0.3 is 5.32 Å². The fourth-order valence-corrected chi connectivity index (χ4v) is 4.27. The monoisotopic (exact) mass is 266 g/mol. The van der Waals surface area contributed by atoms with Crippen LogP contribution in [-0.4, -0.2) is 36.6 Å². The summed E-state index contributed by atoms with van der Waals surface area (Å²) in [5.41, 5.74) is 0. The molecule has 19 heavy (non-hydrogen) atoms. The molecule has 0 bridgehead atoms. The minimum atomic E-state index is 0.779. The normalized spacial score (nSPS) is 33.8. The molecule has 1 saturated heterocycles. The van der Waals surface area contributed by atoms with Crippen LogP contribution in [0.25, 0.3) is 0 Å². The van der Waals surface area contributed by atoms with Crippen molar-refractivity contribution in [3.05, 3.63) is 0 Å². The Labute approximate surface area is 120 Å². The highest BCUT2D eigenvalue weighted by Crippen LogP contribution is 2.29. The summed E-state index contributed by atoms with van der Waals surface area (Å²) >= 11 is 0. The van der Waals surface area contributed by atoms with Crippen molar-refractivity contribution in [2.24, 2.45) is 11.8 Å². The van der Waals surface area contributed by atoms with Gasteiger partial charge in [0.05, 0.1) is 0 Å². The molecule has 112 valence electrons. The molecule has 1 aliphatic heterocycles. The van der Waals surface area contributed by atoms with E-state index in [1.54, 1.807) is 0 Å².